The number of alkyl halides is 3. The molecule has 2 N–H and O–H groups in total. The highest BCUT2D eigenvalue weighted by Gasteiger charge is 2.33. The number of fused-ring (bicyclic) bond motifs is 1. The van der Waals surface area contributed by atoms with Gasteiger partial charge in [0.25, 0.3) is 0 Å². The van der Waals surface area contributed by atoms with Crippen LogP contribution in [0.5, 0.6) is 0 Å². The molecule has 2 rings (SSSR count). The fourth-order valence-electron chi connectivity index (χ4n) is 1.23. The number of anilines is 1. The third-order valence-electron chi connectivity index (χ3n) is 1.84. The molecule has 0 atom stereocenters. The first-order valence-corrected chi connectivity index (χ1v) is 5.11. The second-order valence-electron chi connectivity index (χ2n) is 2.86. The van der Waals surface area contributed by atoms with E-state index in [9.17, 15) is 13.2 Å². The fourth-order valence-corrected chi connectivity index (χ4v) is 2.44. The first-order chi connectivity index (χ1) is 6.89. The zero-order valence-electron chi connectivity index (χ0n) is 7.17. The highest BCUT2D eigenvalue weighted by molar-refractivity contribution is 7.80. The molecule has 0 unspecified atom stereocenters. The molecule has 0 bridgehead atoms. The monoisotopic (exact) mass is 250 g/mol. The van der Waals surface area contributed by atoms with E-state index in [2.05, 4.69) is 17.6 Å². The van der Waals surface area contributed by atoms with E-state index < -0.39 is 11.7 Å². The van der Waals surface area contributed by atoms with E-state index in [0.29, 0.717) is 4.90 Å². The number of hydrogen-bond acceptors (Lipinski definition) is 4. The van der Waals surface area contributed by atoms with Gasteiger partial charge in [-0.25, -0.2) is 4.98 Å². The van der Waals surface area contributed by atoms with Gasteiger partial charge in [-0.05, 0) is 12.1 Å². The van der Waals surface area contributed by atoms with Crippen LogP contribution in [-0.4, -0.2) is 4.98 Å². The molecule has 0 spiro atoms. The summed E-state index contributed by atoms with van der Waals surface area (Å²) in [6.07, 6.45) is -4.39. The predicted molar refractivity (Wildman–Crippen MR) is 56.3 cm³/mol. The molecule has 0 aliphatic heterocycles. The molecule has 0 fully saturated rings. The van der Waals surface area contributed by atoms with Gasteiger partial charge in [0.15, 0.2) is 5.13 Å². The summed E-state index contributed by atoms with van der Waals surface area (Å²) in [7, 11) is 0. The Bertz CT molecular complexity index is 518. The molecule has 0 saturated heterocycles. The van der Waals surface area contributed by atoms with E-state index >= 15 is 0 Å². The second kappa shape index (κ2) is 3.28. The summed E-state index contributed by atoms with van der Waals surface area (Å²) in [6.45, 7) is 0. The molecule has 0 amide bonds. The minimum Gasteiger partial charge on any atom is -0.375 e. The number of nitrogens with two attached hydrogens (primary N) is 1. The Morgan fingerprint density at radius 1 is 1.33 bits per heavy atom. The zero-order chi connectivity index (χ0) is 11.2. The summed E-state index contributed by atoms with van der Waals surface area (Å²) in [5, 5.41) is 0.108. The van der Waals surface area contributed by atoms with E-state index in [-0.39, 0.29) is 15.3 Å². The van der Waals surface area contributed by atoms with Gasteiger partial charge in [0, 0.05) is 4.90 Å². The van der Waals surface area contributed by atoms with E-state index in [1.54, 1.807) is 0 Å². The van der Waals surface area contributed by atoms with Crippen molar-refractivity contribution in [1.29, 1.82) is 0 Å². The van der Waals surface area contributed by atoms with Crippen molar-refractivity contribution in [3.05, 3.63) is 17.7 Å². The van der Waals surface area contributed by atoms with Crippen molar-refractivity contribution < 1.29 is 13.2 Å². The van der Waals surface area contributed by atoms with Gasteiger partial charge in [-0.3, -0.25) is 0 Å². The third kappa shape index (κ3) is 1.76. The van der Waals surface area contributed by atoms with Crippen molar-refractivity contribution in [3.8, 4) is 0 Å². The van der Waals surface area contributed by atoms with Gasteiger partial charge in [0.05, 0.1) is 15.8 Å². The largest absolute Gasteiger partial charge is 0.417 e. The topological polar surface area (TPSA) is 38.9 Å². The average Bonchev–Trinajstić information content (AvgIpc) is 2.45. The molecule has 2 nitrogen and oxygen atoms in total. The summed E-state index contributed by atoms with van der Waals surface area (Å²) in [6, 6.07) is 2.26. The van der Waals surface area contributed by atoms with Crippen molar-refractivity contribution >= 4 is 39.3 Å². The van der Waals surface area contributed by atoms with Crippen molar-refractivity contribution in [2.45, 2.75) is 11.1 Å². The maximum atomic E-state index is 12.6. The van der Waals surface area contributed by atoms with E-state index in [1.807, 2.05) is 0 Å². The number of aromatic nitrogens is 1. The highest BCUT2D eigenvalue weighted by Crippen LogP contribution is 2.39. The molecule has 1 aromatic heterocycles. The van der Waals surface area contributed by atoms with Crippen LogP contribution in [0.3, 0.4) is 0 Å². The Hall–Kier alpha value is -0.950. The van der Waals surface area contributed by atoms with Gasteiger partial charge < -0.3 is 5.73 Å². The van der Waals surface area contributed by atoms with Crippen LogP contribution in [0.1, 0.15) is 5.56 Å². The fraction of sp³-hybridized carbons (Fsp3) is 0.125. The molecule has 15 heavy (non-hydrogen) atoms. The van der Waals surface area contributed by atoms with Crippen LogP contribution in [0.25, 0.3) is 10.2 Å². The number of rotatable bonds is 0. The molecule has 2 aromatic rings. The summed E-state index contributed by atoms with van der Waals surface area (Å²) in [5.41, 5.74) is 4.86. The van der Waals surface area contributed by atoms with Gasteiger partial charge in [-0.15, -0.1) is 12.6 Å². The number of thiazole rings is 1. The quantitative estimate of drug-likeness (QED) is 0.705. The smallest absolute Gasteiger partial charge is 0.375 e. The van der Waals surface area contributed by atoms with Crippen LogP contribution in [0, 0.1) is 0 Å². The lowest BCUT2D eigenvalue weighted by Crippen LogP contribution is -2.04. The van der Waals surface area contributed by atoms with Crippen molar-refractivity contribution in [3.63, 3.8) is 0 Å². The highest BCUT2D eigenvalue weighted by atomic mass is 32.1. The summed E-state index contributed by atoms with van der Waals surface area (Å²) < 4.78 is 37.8. The third-order valence-corrected chi connectivity index (χ3v) is 3.12. The lowest BCUT2D eigenvalue weighted by molar-refractivity contribution is -0.136. The van der Waals surface area contributed by atoms with Gasteiger partial charge >= 0.3 is 6.18 Å². The molecule has 1 heterocycles. The summed E-state index contributed by atoms with van der Waals surface area (Å²) >= 11 is 4.85. The summed E-state index contributed by atoms with van der Waals surface area (Å²) in [5.74, 6) is 0. The molecule has 1 aromatic carbocycles. The van der Waals surface area contributed by atoms with Crippen molar-refractivity contribution in [2.24, 2.45) is 0 Å². The molecular formula is C8H5F3N2S2. The van der Waals surface area contributed by atoms with Crippen LogP contribution in [-0.2, 0) is 6.18 Å². The maximum absolute atomic E-state index is 12.6. The lowest BCUT2D eigenvalue weighted by atomic mass is 10.2. The average molecular weight is 250 g/mol. The SMILES string of the molecule is Nc1nc2c(S)ccc(C(F)(F)F)c2s1. The number of halogens is 3. The molecule has 0 radical (unpaired) electrons. The van der Waals surface area contributed by atoms with Crippen LogP contribution in [0.4, 0.5) is 18.3 Å². The van der Waals surface area contributed by atoms with E-state index in [1.165, 1.54) is 6.07 Å². The Kier molecular flexibility index (Phi) is 2.31. The van der Waals surface area contributed by atoms with Gasteiger partial charge in [-0.2, -0.15) is 13.2 Å². The first kappa shape index (κ1) is 10.6. The second-order valence-corrected chi connectivity index (χ2v) is 4.37. The van der Waals surface area contributed by atoms with Crippen molar-refractivity contribution in [1.82, 2.24) is 4.98 Å². The Morgan fingerprint density at radius 3 is 2.60 bits per heavy atom. The number of hydrogen-bond donors (Lipinski definition) is 2. The number of nitrogen functional groups attached to an aromatic ring is 1. The Labute approximate surface area is 92.3 Å². The first-order valence-electron chi connectivity index (χ1n) is 3.85. The molecular weight excluding hydrogens is 245 g/mol. The van der Waals surface area contributed by atoms with Crippen LogP contribution in [0.15, 0.2) is 17.0 Å². The summed E-state index contributed by atoms with van der Waals surface area (Å²) in [4.78, 5) is 4.20. The Balaban J connectivity index is 2.83. The standard InChI is InChI=1S/C8H5F3N2S2/c9-8(10,11)3-1-2-4(14)5-6(3)15-7(12)13-5/h1-2,14H,(H2,12,13). The molecule has 7 heteroatoms. The molecule has 0 saturated carbocycles. The van der Waals surface area contributed by atoms with Crippen LogP contribution < -0.4 is 5.73 Å². The lowest BCUT2D eigenvalue weighted by Gasteiger charge is -2.07. The minimum atomic E-state index is -4.39. The van der Waals surface area contributed by atoms with Gasteiger partial charge in [-0.1, -0.05) is 11.3 Å². The van der Waals surface area contributed by atoms with E-state index in [4.69, 9.17) is 5.73 Å². The maximum Gasteiger partial charge on any atom is 0.417 e. The van der Waals surface area contributed by atoms with Crippen molar-refractivity contribution in [2.75, 3.05) is 5.73 Å². The van der Waals surface area contributed by atoms with Crippen LogP contribution >= 0.6 is 24.0 Å². The predicted octanol–water partition coefficient (Wildman–Crippen LogP) is 3.19. The normalized spacial score (nSPS) is 12.3. The van der Waals surface area contributed by atoms with Crippen LogP contribution in [0.2, 0.25) is 0 Å². The minimum absolute atomic E-state index is 0.0347. The van der Waals surface area contributed by atoms with Gasteiger partial charge in [0.2, 0.25) is 0 Å². The van der Waals surface area contributed by atoms with E-state index in [0.717, 1.165) is 17.4 Å². The number of thiol groups is 1. The Morgan fingerprint density at radius 2 is 2.00 bits per heavy atom. The number of nitrogens with zero attached hydrogens (tertiary/aromatic N) is 1. The zero-order valence-corrected chi connectivity index (χ0v) is 8.88. The molecule has 0 aliphatic carbocycles. The molecule has 80 valence electrons. The van der Waals surface area contributed by atoms with Gasteiger partial charge in [0.1, 0.15) is 0 Å². The molecule has 0 aliphatic rings. The number of benzene rings is 1.